The second-order valence-electron chi connectivity index (χ2n) is 6.55. The molecule has 10 heteroatoms. The van der Waals surface area contributed by atoms with Gasteiger partial charge in [-0.1, -0.05) is 11.8 Å². The van der Waals surface area contributed by atoms with Crippen molar-refractivity contribution < 1.29 is 23.9 Å². The predicted molar refractivity (Wildman–Crippen MR) is 107 cm³/mol. The summed E-state index contributed by atoms with van der Waals surface area (Å²) in [5, 5.41) is 5.55. The summed E-state index contributed by atoms with van der Waals surface area (Å²) < 4.78 is 11.7. The largest absolute Gasteiger partial charge is 0.466 e. The fourth-order valence-corrected chi connectivity index (χ4v) is 4.08. The maximum Gasteiger partial charge on any atom is 0.339 e. The van der Waals surface area contributed by atoms with Gasteiger partial charge < -0.3 is 14.4 Å². The van der Waals surface area contributed by atoms with Gasteiger partial charge in [-0.25, -0.2) is 14.6 Å². The monoisotopic (exact) mass is 418 g/mol. The summed E-state index contributed by atoms with van der Waals surface area (Å²) in [6.45, 7) is 4.12. The minimum Gasteiger partial charge on any atom is -0.466 e. The molecule has 1 saturated heterocycles. The molecule has 0 aromatic carbocycles. The van der Waals surface area contributed by atoms with E-state index in [0.29, 0.717) is 46.0 Å². The number of aromatic nitrogens is 3. The lowest BCUT2D eigenvalue weighted by Crippen LogP contribution is -2.27. The minimum absolute atomic E-state index is 0.0890. The molecule has 0 atom stereocenters. The summed E-state index contributed by atoms with van der Waals surface area (Å²) in [7, 11) is 3.06. The number of amides is 1. The van der Waals surface area contributed by atoms with Crippen LogP contribution in [0.15, 0.2) is 17.2 Å². The number of thioether (sulfide) groups is 1. The molecule has 1 fully saturated rings. The zero-order valence-corrected chi connectivity index (χ0v) is 17.5. The maximum atomic E-state index is 12.6. The Morgan fingerprint density at radius 3 is 2.83 bits per heavy atom. The van der Waals surface area contributed by atoms with Crippen LogP contribution in [0.1, 0.15) is 28.2 Å². The van der Waals surface area contributed by atoms with Crippen molar-refractivity contribution in [1.82, 2.24) is 19.7 Å². The molecule has 0 aliphatic carbocycles. The maximum absolute atomic E-state index is 12.6. The summed E-state index contributed by atoms with van der Waals surface area (Å²) in [6, 6.07) is 1.69. The molecule has 3 heterocycles. The van der Waals surface area contributed by atoms with Crippen LogP contribution in [-0.4, -0.2) is 63.5 Å². The lowest BCUT2D eigenvalue weighted by molar-refractivity contribution is -0.134. The second-order valence-corrected chi connectivity index (χ2v) is 7.54. The van der Waals surface area contributed by atoms with Crippen molar-refractivity contribution in [1.29, 1.82) is 0 Å². The van der Waals surface area contributed by atoms with Gasteiger partial charge in [0.2, 0.25) is 5.91 Å². The average molecular weight is 418 g/mol. The first-order valence-corrected chi connectivity index (χ1v) is 10.0. The van der Waals surface area contributed by atoms with Crippen LogP contribution in [0.2, 0.25) is 0 Å². The summed E-state index contributed by atoms with van der Waals surface area (Å²) >= 11 is 1.28. The Morgan fingerprint density at radius 2 is 2.10 bits per heavy atom. The molecule has 154 valence electrons. The highest BCUT2D eigenvalue weighted by Crippen LogP contribution is 2.29. The van der Waals surface area contributed by atoms with E-state index in [1.807, 2.05) is 13.8 Å². The zero-order chi connectivity index (χ0) is 21.1. The van der Waals surface area contributed by atoms with Gasteiger partial charge in [-0.2, -0.15) is 5.10 Å². The lowest BCUT2D eigenvalue weighted by atomic mass is 10.1. The third kappa shape index (κ3) is 4.42. The predicted octanol–water partition coefficient (Wildman–Crippen LogP) is 1.72. The number of hydrogen-bond donors (Lipinski definition) is 0. The number of pyridine rings is 1. The van der Waals surface area contributed by atoms with Gasteiger partial charge in [0, 0.05) is 19.3 Å². The van der Waals surface area contributed by atoms with Crippen molar-refractivity contribution in [2.75, 3.05) is 26.0 Å². The van der Waals surface area contributed by atoms with Crippen LogP contribution in [0.5, 0.6) is 0 Å². The van der Waals surface area contributed by atoms with Crippen molar-refractivity contribution in [2.24, 2.45) is 7.05 Å². The third-order valence-electron chi connectivity index (χ3n) is 4.43. The first-order chi connectivity index (χ1) is 13.8. The molecule has 1 amide bonds. The number of fused-ring (bicyclic) bond motifs is 1. The van der Waals surface area contributed by atoms with E-state index in [-0.39, 0.29) is 18.3 Å². The minimum atomic E-state index is -0.512. The molecule has 0 saturated carbocycles. The van der Waals surface area contributed by atoms with Crippen molar-refractivity contribution in [3.05, 3.63) is 34.1 Å². The highest BCUT2D eigenvalue weighted by molar-refractivity contribution is 8.04. The van der Waals surface area contributed by atoms with Crippen LogP contribution >= 0.6 is 11.8 Å². The number of esters is 2. The Kier molecular flexibility index (Phi) is 6.21. The molecule has 2 aromatic heterocycles. The highest BCUT2D eigenvalue weighted by atomic mass is 32.2. The molecule has 0 bridgehead atoms. The Bertz CT molecular complexity index is 1010. The van der Waals surface area contributed by atoms with Crippen molar-refractivity contribution in [3.63, 3.8) is 0 Å². The van der Waals surface area contributed by atoms with E-state index in [0.717, 1.165) is 0 Å². The summed E-state index contributed by atoms with van der Waals surface area (Å²) in [4.78, 5) is 42.0. The summed E-state index contributed by atoms with van der Waals surface area (Å²) in [5.74, 6) is -0.780. The van der Waals surface area contributed by atoms with Gasteiger partial charge in [0.25, 0.3) is 0 Å². The Balaban J connectivity index is 1.64. The van der Waals surface area contributed by atoms with Gasteiger partial charge in [0.05, 0.1) is 47.2 Å². The van der Waals surface area contributed by atoms with E-state index < -0.39 is 11.9 Å². The Morgan fingerprint density at radius 1 is 1.34 bits per heavy atom. The summed E-state index contributed by atoms with van der Waals surface area (Å²) in [6.07, 6.45) is 1.74. The molecule has 1 aliphatic heterocycles. The zero-order valence-electron chi connectivity index (χ0n) is 16.7. The Labute approximate surface area is 172 Å². The standard InChI is InChI=1S/C19H22N4O5S/c1-11-8-13(17-12(2)21-22(3)18(17)20-11)19(26)28-7-5-6-23-14(24)10-29-15(23)9-16(25)27-4/h8-9H,5-7,10H2,1-4H3/b15-9+. The van der Waals surface area contributed by atoms with E-state index in [1.54, 1.807) is 17.8 Å². The SMILES string of the molecule is COC(=O)/C=C1/SCC(=O)N1CCCOC(=O)c1cc(C)nc2c1c(C)nn2C. The fraction of sp³-hybridized carbons (Fsp3) is 0.421. The number of aryl methyl sites for hydroxylation is 3. The molecule has 1 aliphatic rings. The number of rotatable bonds is 6. The molecular weight excluding hydrogens is 396 g/mol. The average Bonchev–Trinajstić information content (AvgIpc) is 3.17. The Hall–Kier alpha value is -2.88. The number of ether oxygens (including phenoxy) is 2. The van der Waals surface area contributed by atoms with Gasteiger partial charge in [-0.3, -0.25) is 9.48 Å². The van der Waals surface area contributed by atoms with E-state index >= 15 is 0 Å². The van der Waals surface area contributed by atoms with Crippen LogP contribution < -0.4 is 0 Å². The van der Waals surface area contributed by atoms with Crippen LogP contribution in [0.4, 0.5) is 0 Å². The van der Waals surface area contributed by atoms with E-state index in [1.165, 1.54) is 29.8 Å². The second kappa shape index (κ2) is 8.64. The molecule has 0 N–H and O–H groups in total. The smallest absolute Gasteiger partial charge is 0.339 e. The molecule has 9 nitrogen and oxygen atoms in total. The first kappa shape index (κ1) is 20.8. The van der Waals surface area contributed by atoms with Crippen molar-refractivity contribution in [3.8, 4) is 0 Å². The van der Waals surface area contributed by atoms with E-state index in [4.69, 9.17) is 4.74 Å². The molecule has 2 aromatic rings. The molecule has 3 rings (SSSR count). The van der Waals surface area contributed by atoms with Gasteiger partial charge in [0.1, 0.15) is 0 Å². The van der Waals surface area contributed by atoms with E-state index in [9.17, 15) is 14.4 Å². The van der Waals surface area contributed by atoms with Gasteiger partial charge in [-0.15, -0.1) is 0 Å². The molecule has 0 radical (unpaired) electrons. The fourth-order valence-electron chi connectivity index (χ4n) is 3.12. The van der Waals surface area contributed by atoms with Gasteiger partial charge in [0.15, 0.2) is 5.65 Å². The number of carbonyl (C=O) groups excluding carboxylic acids is 3. The third-order valence-corrected chi connectivity index (χ3v) is 5.45. The number of methoxy groups -OCH3 is 1. The van der Waals surface area contributed by atoms with Crippen LogP contribution in [0, 0.1) is 13.8 Å². The van der Waals surface area contributed by atoms with Crippen LogP contribution in [0.3, 0.4) is 0 Å². The van der Waals surface area contributed by atoms with Crippen molar-refractivity contribution >= 4 is 40.6 Å². The number of nitrogens with zero attached hydrogens (tertiary/aromatic N) is 4. The lowest BCUT2D eigenvalue weighted by Gasteiger charge is -2.16. The topological polar surface area (TPSA) is 104 Å². The van der Waals surface area contributed by atoms with Crippen molar-refractivity contribution in [2.45, 2.75) is 20.3 Å². The van der Waals surface area contributed by atoms with Gasteiger partial charge in [-0.05, 0) is 26.3 Å². The number of hydrogen-bond acceptors (Lipinski definition) is 8. The first-order valence-electron chi connectivity index (χ1n) is 9.02. The molecule has 0 unspecified atom stereocenters. The molecule has 0 spiro atoms. The normalized spacial score (nSPS) is 15.4. The summed E-state index contributed by atoms with van der Waals surface area (Å²) in [5.41, 5.74) is 2.47. The van der Waals surface area contributed by atoms with Crippen LogP contribution in [-0.2, 0) is 26.1 Å². The number of carbonyl (C=O) groups is 3. The molecule has 29 heavy (non-hydrogen) atoms. The quantitative estimate of drug-likeness (QED) is 0.397. The molecular formula is C19H22N4O5S. The van der Waals surface area contributed by atoms with E-state index in [2.05, 4.69) is 14.8 Å². The van der Waals surface area contributed by atoms with Crippen LogP contribution in [0.25, 0.3) is 11.0 Å². The highest BCUT2D eigenvalue weighted by Gasteiger charge is 2.27. The van der Waals surface area contributed by atoms with Gasteiger partial charge >= 0.3 is 11.9 Å².